The Morgan fingerprint density at radius 2 is 2.00 bits per heavy atom. The highest BCUT2D eigenvalue weighted by atomic mass is 19.1. The van der Waals surface area contributed by atoms with Crippen molar-refractivity contribution in [2.75, 3.05) is 6.54 Å². The van der Waals surface area contributed by atoms with Crippen LogP contribution in [0.25, 0.3) is 0 Å². The molecule has 1 aliphatic rings. The third-order valence-electron chi connectivity index (χ3n) is 3.64. The molecule has 2 N–H and O–H groups in total. The molecule has 22 heavy (non-hydrogen) atoms. The molecule has 0 radical (unpaired) electrons. The fourth-order valence-corrected chi connectivity index (χ4v) is 2.48. The topological polar surface area (TPSA) is 38.2 Å². The molecule has 5 heteroatoms. The molecular weight excluding hydrogens is 286 g/mol. The largest absolute Gasteiger partial charge is 0.386 e. The van der Waals surface area contributed by atoms with Crippen molar-refractivity contribution >= 4 is 5.71 Å². The standard InChI is InChI=1S/C17H16F2N2O/c18-14-6-3-5-12(8-14)17-9-15(22-21-17)11-20-10-13-4-1-2-7-16(13)19/h1-8,15,20H,9-11H2/p+1/t15-/m0/s1. The van der Waals surface area contributed by atoms with Crippen molar-refractivity contribution in [2.45, 2.75) is 19.1 Å². The average Bonchev–Trinajstić information content (AvgIpc) is 2.98. The van der Waals surface area contributed by atoms with Gasteiger partial charge in [0.25, 0.3) is 0 Å². The molecular formula is C17H17F2N2O+. The summed E-state index contributed by atoms with van der Waals surface area (Å²) in [5.74, 6) is -0.474. The highest BCUT2D eigenvalue weighted by molar-refractivity contribution is 6.01. The van der Waals surface area contributed by atoms with Gasteiger partial charge in [0.05, 0.1) is 5.71 Å². The van der Waals surface area contributed by atoms with Gasteiger partial charge in [0.2, 0.25) is 0 Å². The van der Waals surface area contributed by atoms with Crippen LogP contribution in [0.1, 0.15) is 17.5 Å². The van der Waals surface area contributed by atoms with E-state index in [2.05, 4.69) is 5.16 Å². The molecule has 1 atom stereocenters. The Balaban J connectivity index is 1.50. The van der Waals surface area contributed by atoms with Crippen LogP contribution in [-0.2, 0) is 11.4 Å². The predicted molar refractivity (Wildman–Crippen MR) is 79.3 cm³/mol. The molecule has 3 rings (SSSR count). The first kappa shape index (κ1) is 14.7. The van der Waals surface area contributed by atoms with Crippen LogP contribution in [0.2, 0.25) is 0 Å². The fraction of sp³-hybridized carbons (Fsp3) is 0.235. The van der Waals surface area contributed by atoms with Gasteiger partial charge < -0.3 is 10.2 Å². The van der Waals surface area contributed by atoms with Crippen LogP contribution in [0.4, 0.5) is 8.78 Å². The lowest BCUT2D eigenvalue weighted by molar-refractivity contribution is -0.676. The second kappa shape index (κ2) is 6.66. The third kappa shape index (κ3) is 3.49. The number of halogens is 2. The zero-order valence-corrected chi connectivity index (χ0v) is 12.0. The van der Waals surface area contributed by atoms with E-state index in [0.29, 0.717) is 25.1 Å². The van der Waals surface area contributed by atoms with E-state index in [1.807, 2.05) is 17.4 Å². The van der Waals surface area contributed by atoms with Gasteiger partial charge in [0, 0.05) is 17.5 Å². The maximum atomic E-state index is 13.5. The zero-order chi connectivity index (χ0) is 15.4. The van der Waals surface area contributed by atoms with Gasteiger partial charge in [-0.2, -0.15) is 0 Å². The molecule has 2 aromatic rings. The van der Waals surface area contributed by atoms with Crippen molar-refractivity contribution in [1.82, 2.24) is 0 Å². The van der Waals surface area contributed by atoms with Crippen LogP contribution in [-0.4, -0.2) is 18.4 Å². The second-order valence-corrected chi connectivity index (χ2v) is 5.30. The lowest BCUT2D eigenvalue weighted by Gasteiger charge is -2.07. The second-order valence-electron chi connectivity index (χ2n) is 5.30. The molecule has 0 spiro atoms. The molecule has 1 heterocycles. The van der Waals surface area contributed by atoms with Crippen molar-refractivity contribution in [3.8, 4) is 0 Å². The number of quaternary nitrogens is 1. The van der Waals surface area contributed by atoms with Crippen molar-refractivity contribution in [1.29, 1.82) is 0 Å². The molecule has 0 aliphatic carbocycles. The molecule has 114 valence electrons. The summed E-state index contributed by atoms with van der Waals surface area (Å²) in [4.78, 5) is 5.37. The highest BCUT2D eigenvalue weighted by Gasteiger charge is 2.23. The van der Waals surface area contributed by atoms with E-state index in [4.69, 9.17) is 4.84 Å². The van der Waals surface area contributed by atoms with Gasteiger partial charge in [-0.3, -0.25) is 0 Å². The van der Waals surface area contributed by atoms with Gasteiger partial charge in [0.1, 0.15) is 24.7 Å². The number of nitrogens with two attached hydrogens (primary N) is 1. The Kier molecular flexibility index (Phi) is 4.44. The summed E-state index contributed by atoms with van der Waals surface area (Å²) < 4.78 is 26.7. The van der Waals surface area contributed by atoms with Crippen molar-refractivity contribution in [2.24, 2.45) is 5.16 Å². The SMILES string of the molecule is Fc1cccc(C2=NO[C@H](C[NH2+]Cc3ccccc3F)C2)c1. The Labute approximate surface area is 127 Å². The fourth-order valence-electron chi connectivity index (χ4n) is 2.48. The Morgan fingerprint density at radius 3 is 2.82 bits per heavy atom. The van der Waals surface area contributed by atoms with E-state index in [1.165, 1.54) is 18.2 Å². The first-order chi connectivity index (χ1) is 10.7. The molecule has 1 aliphatic heterocycles. The monoisotopic (exact) mass is 303 g/mol. The smallest absolute Gasteiger partial charge is 0.181 e. The Hall–Kier alpha value is -2.27. The minimum absolute atomic E-state index is 0.0648. The van der Waals surface area contributed by atoms with E-state index in [-0.39, 0.29) is 17.7 Å². The first-order valence-corrected chi connectivity index (χ1v) is 7.26. The summed E-state index contributed by atoms with van der Waals surface area (Å²) in [7, 11) is 0. The molecule has 0 bridgehead atoms. The summed E-state index contributed by atoms with van der Waals surface area (Å²) in [5.41, 5.74) is 2.17. The number of hydrogen-bond acceptors (Lipinski definition) is 2. The number of nitrogens with zero attached hydrogens (tertiary/aromatic N) is 1. The lowest BCUT2D eigenvalue weighted by Crippen LogP contribution is -2.84. The van der Waals surface area contributed by atoms with Crippen LogP contribution >= 0.6 is 0 Å². The van der Waals surface area contributed by atoms with E-state index in [1.54, 1.807) is 18.2 Å². The van der Waals surface area contributed by atoms with E-state index in [9.17, 15) is 8.78 Å². The maximum absolute atomic E-state index is 13.5. The molecule has 0 aromatic heterocycles. The number of rotatable bonds is 5. The van der Waals surface area contributed by atoms with Gasteiger partial charge in [0.15, 0.2) is 6.10 Å². The minimum Gasteiger partial charge on any atom is -0.386 e. The third-order valence-corrected chi connectivity index (χ3v) is 3.64. The minimum atomic E-state index is -0.283. The summed E-state index contributed by atoms with van der Waals surface area (Å²) in [5, 5.41) is 6.02. The quantitative estimate of drug-likeness (QED) is 0.904. The van der Waals surface area contributed by atoms with Crippen LogP contribution in [0.15, 0.2) is 53.7 Å². The first-order valence-electron chi connectivity index (χ1n) is 7.26. The number of hydrogen-bond donors (Lipinski definition) is 1. The number of benzene rings is 2. The average molecular weight is 303 g/mol. The van der Waals surface area contributed by atoms with Crippen molar-refractivity contribution in [3.05, 3.63) is 71.3 Å². The molecule has 0 saturated carbocycles. The normalized spacial score (nSPS) is 17.2. The predicted octanol–water partition coefficient (Wildman–Crippen LogP) is 2.22. The van der Waals surface area contributed by atoms with Crippen LogP contribution in [0.3, 0.4) is 0 Å². The highest BCUT2D eigenvalue weighted by Crippen LogP contribution is 2.16. The molecule has 0 unspecified atom stereocenters. The van der Waals surface area contributed by atoms with Crippen molar-refractivity contribution < 1.29 is 18.9 Å². The Morgan fingerprint density at radius 1 is 1.14 bits per heavy atom. The lowest BCUT2D eigenvalue weighted by atomic mass is 10.0. The van der Waals surface area contributed by atoms with E-state index >= 15 is 0 Å². The maximum Gasteiger partial charge on any atom is 0.181 e. The molecule has 2 aromatic carbocycles. The molecule has 0 fully saturated rings. The van der Waals surface area contributed by atoms with Gasteiger partial charge in [-0.1, -0.05) is 35.5 Å². The van der Waals surface area contributed by atoms with Crippen LogP contribution < -0.4 is 5.32 Å². The summed E-state index contributed by atoms with van der Waals surface area (Å²) in [6.07, 6.45) is 0.571. The van der Waals surface area contributed by atoms with E-state index < -0.39 is 0 Å². The molecule has 0 saturated heterocycles. The van der Waals surface area contributed by atoms with Gasteiger partial charge in [-0.05, 0) is 18.2 Å². The Bertz CT molecular complexity index is 688. The van der Waals surface area contributed by atoms with Crippen molar-refractivity contribution in [3.63, 3.8) is 0 Å². The number of oxime groups is 1. The van der Waals surface area contributed by atoms with Crippen LogP contribution in [0, 0.1) is 11.6 Å². The zero-order valence-electron chi connectivity index (χ0n) is 12.0. The molecule has 3 nitrogen and oxygen atoms in total. The van der Waals surface area contributed by atoms with Gasteiger partial charge >= 0.3 is 0 Å². The summed E-state index contributed by atoms with van der Waals surface area (Å²) in [6, 6.07) is 13.1. The van der Waals surface area contributed by atoms with Gasteiger partial charge in [-0.15, -0.1) is 0 Å². The molecule has 0 amide bonds. The van der Waals surface area contributed by atoms with Crippen LogP contribution in [0.5, 0.6) is 0 Å². The summed E-state index contributed by atoms with van der Waals surface area (Å²) in [6.45, 7) is 1.23. The summed E-state index contributed by atoms with van der Waals surface area (Å²) >= 11 is 0. The van der Waals surface area contributed by atoms with E-state index in [0.717, 1.165) is 11.3 Å². The van der Waals surface area contributed by atoms with Gasteiger partial charge in [-0.25, -0.2) is 8.78 Å².